The van der Waals surface area contributed by atoms with Crippen LogP contribution in [0.5, 0.6) is 0 Å². The summed E-state index contributed by atoms with van der Waals surface area (Å²) in [4.78, 5) is 4.17. The molecular weight excluding hydrogens is 248 g/mol. The molecule has 0 aliphatic heterocycles. The van der Waals surface area contributed by atoms with Gasteiger partial charge in [0, 0.05) is 5.92 Å². The Morgan fingerprint density at radius 2 is 2.22 bits per heavy atom. The van der Waals surface area contributed by atoms with Crippen molar-refractivity contribution < 1.29 is 4.42 Å². The molecule has 0 bridgehead atoms. The standard InChI is InChI=1S/C14H15ClN2O/c1-9-7-11(9)12-6-5-10(18-12)8-16-14-4-2-3-13(15)17-14/h2-6,9,11H,7-8H2,1H3,(H,16,17). The Bertz CT molecular complexity index is 552. The Hall–Kier alpha value is -1.48. The van der Waals surface area contributed by atoms with Crippen molar-refractivity contribution in [2.24, 2.45) is 5.92 Å². The molecule has 0 spiro atoms. The maximum Gasteiger partial charge on any atom is 0.131 e. The van der Waals surface area contributed by atoms with Crippen LogP contribution in [0, 0.1) is 5.92 Å². The van der Waals surface area contributed by atoms with Gasteiger partial charge in [0.15, 0.2) is 0 Å². The van der Waals surface area contributed by atoms with Crippen LogP contribution in [-0.4, -0.2) is 4.98 Å². The Balaban J connectivity index is 1.61. The highest BCUT2D eigenvalue weighted by Crippen LogP contribution is 2.47. The molecule has 3 rings (SSSR count). The number of nitrogens with one attached hydrogen (secondary N) is 1. The normalized spacial score (nSPS) is 21.9. The van der Waals surface area contributed by atoms with Gasteiger partial charge in [-0.2, -0.15) is 0 Å². The van der Waals surface area contributed by atoms with Crippen molar-refractivity contribution in [1.29, 1.82) is 0 Å². The van der Waals surface area contributed by atoms with Crippen molar-refractivity contribution in [3.05, 3.63) is 47.0 Å². The van der Waals surface area contributed by atoms with Crippen molar-refractivity contribution in [1.82, 2.24) is 4.98 Å². The zero-order chi connectivity index (χ0) is 12.5. The van der Waals surface area contributed by atoms with Gasteiger partial charge >= 0.3 is 0 Å². The van der Waals surface area contributed by atoms with Gasteiger partial charge in [-0.25, -0.2) is 4.98 Å². The molecule has 3 nitrogen and oxygen atoms in total. The number of aromatic nitrogens is 1. The Morgan fingerprint density at radius 1 is 1.39 bits per heavy atom. The van der Waals surface area contributed by atoms with Gasteiger partial charge in [-0.05, 0) is 36.6 Å². The van der Waals surface area contributed by atoms with E-state index in [9.17, 15) is 0 Å². The van der Waals surface area contributed by atoms with E-state index in [0.29, 0.717) is 17.6 Å². The quantitative estimate of drug-likeness (QED) is 0.845. The smallest absolute Gasteiger partial charge is 0.131 e. The van der Waals surface area contributed by atoms with E-state index in [2.05, 4.69) is 23.3 Å². The molecule has 0 aromatic carbocycles. The van der Waals surface area contributed by atoms with Gasteiger partial charge in [0.25, 0.3) is 0 Å². The van der Waals surface area contributed by atoms with Crippen LogP contribution in [0.25, 0.3) is 0 Å². The van der Waals surface area contributed by atoms with Crippen LogP contribution in [0.15, 0.2) is 34.7 Å². The highest BCUT2D eigenvalue weighted by atomic mass is 35.5. The highest BCUT2D eigenvalue weighted by Gasteiger charge is 2.36. The van der Waals surface area contributed by atoms with Crippen LogP contribution in [0.3, 0.4) is 0 Å². The average Bonchev–Trinajstić information content (AvgIpc) is 2.91. The zero-order valence-corrected chi connectivity index (χ0v) is 10.9. The molecule has 18 heavy (non-hydrogen) atoms. The first-order valence-electron chi connectivity index (χ1n) is 6.17. The van der Waals surface area contributed by atoms with Gasteiger partial charge in [-0.3, -0.25) is 0 Å². The molecule has 2 heterocycles. The van der Waals surface area contributed by atoms with Gasteiger partial charge in [0.2, 0.25) is 0 Å². The van der Waals surface area contributed by atoms with E-state index in [-0.39, 0.29) is 0 Å². The Morgan fingerprint density at radius 3 is 2.94 bits per heavy atom. The minimum Gasteiger partial charge on any atom is -0.464 e. The molecule has 1 aliphatic carbocycles. The fourth-order valence-corrected chi connectivity index (χ4v) is 2.26. The first-order valence-corrected chi connectivity index (χ1v) is 6.55. The van der Waals surface area contributed by atoms with Gasteiger partial charge in [0.1, 0.15) is 22.5 Å². The molecule has 2 aromatic heterocycles. The van der Waals surface area contributed by atoms with E-state index in [1.54, 1.807) is 6.07 Å². The number of rotatable bonds is 4. The van der Waals surface area contributed by atoms with Crippen molar-refractivity contribution in [2.45, 2.75) is 25.8 Å². The molecule has 0 amide bonds. The minimum absolute atomic E-state index is 0.493. The van der Waals surface area contributed by atoms with Crippen molar-refractivity contribution >= 4 is 17.4 Å². The molecule has 1 aliphatic rings. The predicted octanol–water partition coefficient (Wildman–Crippen LogP) is 4.06. The summed E-state index contributed by atoms with van der Waals surface area (Å²) in [6, 6.07) is 9.62. The molecular formula is C14H15ClN2O. The predicted molar refractivity (Wildman–Crippen MR) is 71.8 cm³/mol. The molecule has 1 saturated carbocycles. The molecule has 4 heteroatoms. The number of anilines is 1. The van der Waals surface area contributed by atoms with E-state index in [1.165, 1.54) is 6.42 Å². The van der Waals surface area contributed by atoms with Gasteiger partial charge in [-0.1, -0.05) is 24.6 Å². The summed E-state index contributed by atoms with van der Waals surface area (Å²) in [5.41, 5.74) is 0. The molecule has 94 valence electrons. The van der Waals surface area contributed by atoms with Crippen LogP contribution in [0.2, 0.25) is 5.15 Å². The number of hydrogen-bond acceptors (Lipinski definition) is 3. The van der Waals surface area contributed by atoms with Crippen LogP contribution < -0.4 is 5.32 Å². The molecule has 2 unspecified atom stereocenters. The third-order valence-electron chi connectivity index (χ3n) is 3.32. The second-order valence-electron chi connectivity index (χ2n) is 4.82. The molecule has 2 aromatic rings. The molecule has 0 radical (unpaired) electrons. The van der Waals surface area contributed by atoms with Crippen LogP contribution >= 0.6 is 11.6 Å². The van der Waals surface area contributed by atoms with Gasteiger partial charge in [0.05, 0.1) is 6.54 Å². The zero-order valence-electron chi connectivity index (χ0n) is 10.2. The summed E-state index contributed by atoms with van der Waals surface area (Å²) in [7, 11) is 0. The Kier molecular flexibility index (Phi) is 3.00. The summed E-state index contributed by atoms with van der Waals surface area (Å²) in [5.74, 6) is 4.21. The lowest BCUT2D eigenvalue weighted by Gasteiger charge is -2.03. The first-order chi connectivity index (χ1) is 8.72. The number of hydrogen-bond donors (Lipinski definition) is 1. The van der Waals surface area contributed by atoms with Crippen molar-refractivity contribution in [3.63, 3.8) is 0 Å². The first kappa shape index (κ1) is 11.6. The Labute approximate surface area is 111 Å². The third kappa shape index (κ3) is 2.51. The SMILES string of the molecule is CC1CC1c1ccc(CNc2cccc(Cl)n2)o1. The molecule has 1 fully saturated rings. The number of pyridine rings is 1. The largest absolute Gasteiger partial charge is 0.464 e. The van der Waals surface area contributed by atoms with E-state index < -0.39 is 0 Å². The second kappa shape index (κ2) is 4.65. The summed E-state index contributed by atoms with van der Waals surface area (Å²) in [5, 5.41) is 3.69. The third-order valence-corrected chi connectivity index (χ3v) is 3.53. The molecule has 0 saturated heterocycles. The minimum atomic E-state index is 0.493. The van der Waals surface area contributed by atoms with E-state index in [4.69, 9.17) is 16.0 Å². The number of halogens is 1. The van der Waals surface area contributed by atoms with Crippen LogP contribution in [-0.2, 0) is 6.54 Å². The second-order valence-corrected chi connectivity index (χ2v) is 5.21. The fourth-order valence-electron chi connectivity index (χ4n) is 2.09. The summed E-state index contributed by atoms with van der Waals surface area (Å²) < 4.78 is 5.81. The summed E-state index contributed by atoms with van der Waals surface area (Å²) >= 11 is 5.82. The van der Waals surface area contributed by atoms with Crippen molar-refractivity contribution in [2.75, 3.05) is 5.32 Å². The lowest BCUT2D eigenvalue weighted by molar-refractivity contribution is 0.467. The number of furan rings is 1. The number of nitrogens with zero attached hydrogens (tertiary/aromatic N) is 1. The van der Waals surface area contributed by atoms with Gasteiger partial charge < -0.3 is 9.73 Å². The lowest BCUT2D eigenvalue weighted by atomic mass is 10.3. The maximum atomic E-state index is 5.82. The topological polar surface area (TPSA) is 38.1 Å². The van der Waals surface area contributed by atoms with E-state index in [1.807, 2.05) is 18.2 Å². The highest BCUT2D eigenvalue weighted by molar-refractivity contribution is 6.29. The average molecular weight is 263 g/mol. The molecule has 2 atom stereocenters. The van der Waals surface area contributed by atoms with Crippen LogP contribution in [0.4, 0.5) is 5.82 Å². The maximum absolute atomic E-state index is 5.82. The summed E-state index contributed by atoms with van der Waals surface area (Å²) in [6.07, 6.45) is 1.25. The van der Waals surface area contributed by atoms with E-state index >= 15 is 0 Å². The van der Waals surface area contributed by atoms with Crippen molar-refractivity contribution in [3.8, 4) is 0 Å². The van der Waals surface area contributed by atoms with Gasteiger partial charge in [-0.15, -0.1) is 0 Å². The fraction of sp³-hybridized carbons (Fsp3) is 0.357. The lowest BCUT2D eigenvalue weighted by Crippen LogP contribution is -1.99. The monoisotopic (exact) mass is 262 g/mol. The molecule has 1 N–H and O–H groups in total. The van der Waals surface area contributed by atoms with E-state index in [0.717, 1.165) is 23.3 Å². The van der Waals surface area contributed by atoms with Crippen LogP contribution in [0.1, 0.15) is 30.8 Å². The summed E-state index contributed by atoms with van der Waals surface area (Å²) in [6.45, 7) is 2.88.